The number of carbonyl (C=O) groups is 2. The maximum atomic E-state index is 12.1. The number of ether oxygens (including phenoxy) is 1. The minimum absolute atomic E-state index is 0.0733. The Balaban J connectivity index is 2.54. The fourth-order valence-electron chi connectivity index (χ4n) is 1.95. The normalized spacial score (nSPS) is 19.7. The summed E-state index contributed by atoms with van der Waals surface area (Å²) in [7, 11) is 1.71. The summed E-state index contributed by atoms with van der Waals surface area (Å²) in [4.78, 5) is 26.2. The summed E-state index contributed by atoms with van der Waals surface area (Å²) in [5, 5.41) is 9.06. The molecule has 0 aliphatic carbocycles. The Labute approximate surface area is 107 Å². The molecule has 0 spiro atoms. The van der Waals surface area contributed by atoms with Gasteiger partial charge in [0.05, 0.1) is 13.2 Å². The van der Waals surface area contributed by atoms with E-state index in [1.54, 1.807) is 11.9 Å². The first kappa shape index (κ1) is 14.8. The van der Waals surface area contributed by atoms with E-state index in [9.17, 15) is 9.59 Å². The Morgan fingerprint density at radius 2 is 2.17 bits per heavy atom. The second-order valence-corrected chi connectivity index (χ2v) is 4.53. The Morgan fingerprint density at radius 3 is 2.78 bits per heavy atom. The lowest BCUT2D eigenvalue weighted by Gasteiger charge is -2.35. The molecule has 0 aromatic rings. The quantitative estimate of drug-likeness (QED) is 0.747. The number of amides is 2. The van der Waals surface area contributed by atoms with E-state index in [-0.39, 0.29) is 12.6 Å². The van der Waals surface area contributed by atoms with Crippen LogP contribution in [0.4, 0.5) is 4.79 Å². The molecule has 0 radical (unpaired) electrons. The molecule has 2 amide bonds. The molecular weight excluding hydrogens is 236 g/mol. The van der Waals surface area contributed by atoms with Crippen molar-refractivity contribution in [3.05, 3.63) is 0 Å². The van der Waals surface area contributed by atoms with Gasteiger partial charge in [0.15, 0.2) is 6.04 Å². The lowest BCUT2D eigenvalue weighted by Crippen LogP contribution is -2.56. The smallest absolute Gasteiger partial charge is 0.328 e. The van der Waals surface area contributed by atoms with Gasteiger partial charge >= 0.3 is 12.0 Å². The van der Waals surface area contributed by atoms with Crippen molar-refractivity contribution in [1.29, 1.82) is 0 Å². The van der Waals surface area contributed by atoms with Gasteiger partial charge in [-0.25, -0.2) is 9.59 Å². The Kier molecular flexibility index (Phi) is 5.91. The van der Waals surface area contributed by atoms with E-state index in [1.165, 1.54) is 4.90 Å². The van der Waals surface area contributed by atoms with Gasteiger partial charge in [-0.05, 0) is 6.42 Å². The van der Waals surface area contributed by atoms with Crippen molar-refractivity contribution in [2.75, 3.05) is 33.4 Å². The standard InChI is InChI=1S/C12H22N2O4/c1-3-4-5-6-13(2)12(17)14-7-8-18-9-10(14)11(15)16/h10H,3-9H2,1-2H3,(H,15,16). The lowest BCUT2D eigenvalue weighted by atomic mass is 10.2. The molecule has 0 aromatic carbocycles. The van der Waals surface area contributed by atoms with Crippen molar-refractivity contribution in [3.63, 3.8) is 0 Å². The molecule has 0 aromatic heterocycles. The highest BCUT2D eigenvalue weighted by Crippen LogP contribution is 2.10. The molecule has 0 bridgehead atoms. The van der Waals surface area contributed by atoms with Gasteiger partial charge in [-0.1, -0.05) is 19.8 Å². The summed E-state index contributed by atoms with van der Waals surface area (Å²) >= 11 is 0. The van der Waals surface area contributed by atoms with Crippen LogP contribution in [-0.2, 0) is 9.53 Å². The third-order valence-corrected chi connectivity index (χ3v) is 3.08. The Hall–Kier alpha value is -1.30. The van der Waals surface area contributed by atoms with Crippen LogP contribution in [0.1, 0.15) is 26.2 Å². The number of rotatable bonds is 5. The third kappa shape index (κ3) is 3.87. The first-order chi connectivity index (χ1) is 8.57. The van der Waals surface area contributed by atoms with Gasteiger partial charge < -0.3 is 19.6 Å². The molecule has 1 aliphatic heterocycles. The fraction of sp³-hybridized carbons (Fsp3) is 0.833. The van der Waals surface area contributed by atoms with Gasteiger partial charge in [-0.3, -0.25) is 0 Å². The third-order valence-electron chi connectivity index (χ3n) is 3.08. The van der Waals surface area contributed by atoms with Crippen LogP contribution in [0, 0.1) is 0 Å². The minimum Gasteiger partial charge on any atom is -0.480 e. The number of aliphatic carboxylic acids is 1. The molecule has 1 saturated heterocycles. The monoisotopic (exact) mass is 258 g/mol. The van der Waals surface area contributed by atoms with E-state index in [1.807, 2.05) is 0 Å². The van der Waals surface area contributed by atoms with E-state index in [0.717, 1.165) is 19.3 Å². The molecule has 18 heavy (non-hydrogen) atoms. The van der Waals surface area contributed by atoms with Crippen LogP contribution in [-0.4, -0.2) is 66.3 Å². The first-order valence-corrected chi connectivity index (χ1v) is 6.40. The molecule has 0 saturated carbocycles. The van der Waals surface area contributed by atoms with E-state index in [0.29, 0.717) is 19.7 Å². The zero-order chi connectivity index (χ0) is 13.5. The van der Waals surface area contributed by atoms with Crippen LogP contribution in [0.2, 0.25) is 0 Å². The predicted molar refractivity (Wildman–Crippen MR) is 66.5 cm³/mol. The molecule has 6 nitrogen and oxygen atoms in total. The molecular formula is C12H22N2O4. The number of carbonyl (C=O) groups excluding carboxylic acids is 1. The van der Waals surface area contributed by atoms with Gasteiger partial charge in [0.25, 0.3) is 0 Å². The molecule has 1 heterocycles. The Bertz CT molecular complexity index is 296. The number of carboxylic acids is 1. The van der Waals surface area contributed by atoms with Gasteiger partial charge in [0.1, 0.15) is 0 Å². The van der Waals surface area contributed by atoms with Crippen molar-refractivity contribution < 1.29 is 19.4 Å². The second-order valence-electron chi connectivity index (χ2n) is 4.53. The van der Waals surface area contributed by atoms with Crippen molar-refractivity contribution in [2.24, 2.45) is 0 Å². The molecule has 1 N–H and O–H groups in total. The van der Waals surface area contributed by atoms with Gasteiger partial charge in [-0.2, -0.15) is 0 Å². The average Bonchev–Trinajstić information content (AvgIpc) is 2.38. The van der Waals surface area contributed by atoms with E-state index < -0.39 is 12.0 Å². The van der Waals surface area contributed by atoms with Crippen molar-refractivity contribution >= 4 is 12.0 Å². The average molecular weight is 258 g/mol. The van der Waals surface area contributed by atoms with E-state index in [4.69, 9.17) is 9.84 Å². The Morgan fingerprint density at radius 1 is 1.44 bits per heavy atom. The minimum atomic E-state index is -1.01. The molecule has 6 heteroatoms. The topological polar surface area (TPSA) is 70.1 Å². The summed E-state index contributed by atoms with van der Waals surface area (Å²) in [5.74, 6) is -1.01. The molecule has 1 atom stereocenters. The number of morpholine rings is 1. The van der Waals surface area contributed by atoms with Gasteiger partial charge in [0.2, 0.25) is 0 Å². The highest BCUT2D eigenvalue weighted by molar-refractivity contribution is 5.82. The number of carboxylic acid groups (broad SMARTS) is 1. The number of nitrogens with zero attached hydrogens (tertiary/aromatic N) is 2. The largest absolute Gasteiger partial charge is 0.480 e. The van der Waals surface area contributed by atoms with E-state index >= 15 is 0 Å². The summed E-state index contributed by atoms with van der Waals surface area (Å²) in [5.41, 5.74) is 0. The van der Waals surface area contributed by atoms with Crippen molar-refractivity contribution in [2.45, 2.75) is 32.2 Å². The summed E-state index contributed by atoms with van der Waals surface area (Å²) in [6, 6.07) is -1.08. The van der Waals surface area contributed by atoms with E-state index in [2.05, 4.69) is 6.92 Å². The van der Waals surface area contributed by atoms with Gasteiger partial charge in [0, 0.05) is 20.1 Å². The molecule has 104 valence electrons. The number of unbranched alkanes of at least 4 members (excludes halogenated alkanes) is 2. The summed E-state index contributed by atoms with van der Waals surface area (Å²) in [6.07, 6.45) is 3.11. The molecule has 1 fully saturated rings. The summed E-state index contributed by atoms with van der Waals surface area (Å²) < 4.78 is 5.11. The highest BCUT2D eigenvalue weighted by atomic mass is 16.5. The van der Waals surface area contributed by atoms with Crippen LogP contribution in [0.15, 0.2) is 0 Å². The van der Waals surface area contributed by atoms with Gasteiger partial charge in [-0.15, -0.1) is 0 Å². The molecule has 1 aliphatic rings. The van der Waals surface area contributed by atoms with Crippen molar-refractivity contribution in [1.82, 2.24) is 9.80 Å². The number of hydrogen-bond acceptors (Lipinski definition) is 3. The number of hydrogen-bond donors (Lipinski definition) is 1. The van der Waals surface area contributed by atoms with Crippen LogP contribution >= 0.6 is 0 Å². The lowest BCUT2D eigenvalue weighted by molar-refractivity contribution is -0.147. The zero-order valence-electron chi connectivity index (χ0n) is 11.1. The van der Waals surface area contributed by atoms with Crippen LogP contribution in [0.5, 0.6) is 0 Å². The first-order valence-electron chi connectivity index (χ1n) is 6.40. The van der Waals surface area contributed by atoms with Crippen LogP contribution in [0.25, 0.3) is 0 Å². The number of urea groups is 1. The van der Waals surface area contributed by atoms with Crippen LogP contribution in [0.3, 0.4) is 0 Å². The van der Waals surface area contributed by atoms with Crippen LogP contribution < -0.4 is 0 Å². The fourth-order valence-corrected chi connectivity index (χ4v) is 1.95. The second kappa shape index (κ2) is 7.20. The molecule has 1 rings (SSSR count). The maximum absolute atomic E-state index is 12.1. The SMILES string of the molecule is CCCCCN(C)C(=O)N1CCOCC1C(=O)O. The van der Waals surface area contributed by atoms with Crippen molar-refractivity contribution in [3.8, 4) is 0 Å². The summed E-state index contributed by atoms with van der Waals surface area (Å²) in [6.45, 7) is 3.58. The zero-order valence-corrected chi connectivity index (χ0v) is 11.1. The predicted octanol–water partition coefficient (Wildman–Crippen LogP) is 1.01. The highest BCUT2D eigenvalue weighted by Gasteiger charge is 2.33. The maximum Gasteiger partial charge on any atom is 0.328 e. The molecule has 1 unspecified atom stereocenters.